The molecule has 3 aromatic rings. The number of halogens is 1. The highest BCUT2D eigenvalue weighted by molar-refractivity contribution is 6.35. The minimum absolute atomic E-state index is 0.323. The molecule has 2 aromatic carbocycles. The standard InChI is InChI=1S/C20H19ClN2O4/c21-18-11-14(9-15-10-17(12-22)26-19(15)18)13-1-3-16(4-2-13)27-20(24)23-5-7-25-8-6-23/h1-4,9-11H,5-8,12,22H2. The second kappa shape index (κ2) is 7.60. The number of fused-ring (bicyclic) bond motifs is 1. The molecule has 0 radical (unpaired) electrons. The average molecular weight is 387 g/mol. The van der Waals surface area contributed by atoms with Gasteiger partial charge in [0.05, 0.1) is 24.8 Å². The lowest BCUT2D eigenvalue weighted by Crippen LogP contribution is -2.42. The van der Waals surface area contributed by atoms with Crippen LogP contribution in [0.4, 0.5) is 4.79 Å². The third-order valence-electron chi connectivity index (χ3n) is 4.49. The van der Waals surface area contributed by atoms with Gasteiger partial charge in [-0.25, -0.2) is 4.79 Å². The van der Waals surface area contributed by atoms with Gasteiger partial charge in [0.1, 0.15) is 11.5 Å². The van der Waals surface area contributed by atoms with Crippen molar-refractivity contribution >= 4 is 28.7 Å². The second-order valence-corrected chi connectivity index (χ2v) is 6.69. The minimum atomic E-state index is -0.358. The Morgan fingerprint density at radius 2 is 1.85 bits per heavy atom. The molecule has 0 unspecified atom stereocenters. The van der Waals surface area contributed by atoms with Crippen molar-refractivity contribution in [1.82, 2.24) is 4.90 Å². The number of benzene rings is 2. The Morgan fingerprint density at radius 3 is 2.56 bits per heavy atom. The first kappa shape index (κ1) is 17.9. The van der Waals surface area contributed by atoms with E-state index in [1.54, 1.807) is 17.0 Å². The maximum absolute atomic E-state index is 12.2. The normalized spacial score (nSPS) is 14.5. The fourth-order valence-corrected chi connectivity index (χ4v) is 3.32. The predicted octanol–water partition coefficient (Wildman–Crippen LogP) is 4.04. The van der Waals surface area contributed by atoms with Gasteiger partial charge < -0.3 is 24.5 Å². The Hall–Kier alpha value is -2.54. The van der Waals surface area contributed by atoms with Gasteiger partial charge in [0, 0.05) is 18.5 Å². The van der Waals surface area contributed by atoms with Crippen LogP contribution in [0.2, 0.25) is 5.02 Å². The summed E-state index contributed by atoms with van der Waals surface area (Å²) in [6.45, 7) is 2.49. The van der Waals surface area contributed by atoms with E-state index in [0.717, 1.165) is 16.5 Å². The fraction of sp³-hybridized carbons (Fsp3) is 0.250. The summed E-state index contributed by atoms with van der Waals surface area (Å²) in [4.78, 5) is 13.8. The number of carbonyl (C=O) groups is 1. The van der Waals surface area contributed by atoms with E-state index in [1.165, 1.54) is 0 Å². The number of ether oxygens (including phenoxy) is 2. The summed E-state index contributed by atoms with van der Waals surface area (Å²) >= 11 is 6.35. The first-order chi connectivity index (χ1) is 13.1. The van der Waals surface area contributed by atoms with Gasteiger partial charge in [0.2, 0.25) is 0 Å². The van der Waals surface area contributed by atoms with E-state index in [1.807, 2.05) is 30.3 Å². The molecule has 1 aliphatic rings. The van der Waals surface area contributed by atoms with Gasteiger partial charge in [-0.05, 0) is 41.5 Å². The van der Waals surface area contributed by atoms with Gasteiger partial charge in [0.15, 0.2) is 5.58 Å². The Bertz CT molecular complexity index is 962. The number of rotatable bonds is 3. The lowest BCUT2D eigenvalue weighted by Gasteiger charge is -2.25. The molecular weight excluding hydrogens is 368 g/mol. The van der Waals surface area contributed by atoms with E-state index < -0.39 is 0 Å². The molecule has 2 N–H and O–H groups in total. The van der Waals surface area contributed by atoms with Crippen LogP contribution < -0.4 is 10.5 Å². The maximum atomic E-state index is 12.2. The summed E-state index contributed by atoms with van der Waals surface area (Å²) in [5, 5.41) is 1.44. The summed E-state index contributed by atoms with van der Waals surface area (Å²) in [6, 6.07) is 13.1. The van der Waals surface area contributed by atoms with Crippen LogP contribution in [-0.4, -0.2) is 37.3 Å². The van der Waals surface area contributed by atoms with Crippen LogP contribution in [-0.2, 0) is 11.3 Å². The molecule has 7 heteroatoms. The first-order valence-corrected chi connectivity index (χ1v) is 9.09. The highest BCUT2D eigenvalue weighted by Crippen LogP contribution is 2.33. The van der Waals surface area contributed by atoms with Crippen molar-refractivity contribution in [3.05, 3.63) is 53.2 Å². The van der Waals surface area contributed by atoms with Crippen LogP contribution in [0.1, 0.15) is 5.76 Å². The molecule has 1 fully saturated rings. The van der Waals surface area contributed by atoms with Crippen molar-refractivity contribution in [3.63, 3.8) is 0 Å². The van der Waals surface area contributed by atoms with Crippen LogP contribution >= 0.6 is 11.6 Å². The van der Waals surface area contributed by atoms with Crippen LogP contribution in [0.25, 0.3) is 22.1 Å². The number of amides is 1. The zero-order valence-corrected chi connectivity index (χ0v) is 15.4. The summed E-state index contributed by atoms with van der Waals surface area (Å²) < 4.78 is 16.3. The predicted molar refractivity (Wildman–Crippen MR) is 103 cm³/mol. The third-order valence-corrected chi connectivity index (χ3v) is 4.77. The molecule has 1 aliphatic heterocycles. The zero-order valence-electron chi connectivity index (χ0n) is 14.6. The molecule has 0 saturated carbocycles. The van der Waals surface area contributed by atoms with Gasteiger partial charge in [-0.2, -0.15) is 0 Å². The van der Waals surface area contributed by atoms with Crippen molar-refractivity contribution in [2.45, 2.75) is 6.54 Å². The Kier molecular flexibility index (Phi) is 5.03. The molecule has 0 spiro atoms. The zero-order chi connectivity index (χ0) is 18.8. The van der Waals surface area contributed by atoms with E-state index in [9.17, 15) is 4.79 Å². The van der Waals surface area contributed by atoms with Crippen LogP contribution in [0, 0.1) is 0 Å². The second-order valence-electron chi connectivity index (χ2n) is 6.29. The lowest BCUT2D eigenvalue weighted by molar-refractivity contribution is 0.0416. The smallest absolute Gasteiger partial charge is 0.415 e. The van der Waals surface area contributed by atoms with E-state index in [-0.39, 0.29) is 6.09 Å². The van der Waals surface area contributed by atoms with Crippen molar-refractivity contribution < 1.29 is 18.7 Å². The van der Waals surface area contributed by atoms with Crippen LogP contribution in [0.15, 0.2) is 46.9 Å². The number of carbonyl (C=O) groups excluding carboxylic acids is 1. The van der Waals surface area contributed by atoms with Crippen molar-refractivity contribution in [1.29, 1.82) is 0 Å². The Labute approximate surface area is 161 Å². The quantitative estimate of drug-likeness (QED) is 0.734. The van der Waals surface area contributed by atoms with Gasteiger partial charge >= 0.3 is 6.09 Å². The molecule has 2 heterocycles. The number of nitrogens with two attached hydrogens (primary N) is 1. The third kappa shape index (κ3) is 3.78. The van der Waals surface area contributed by atoms with Crippen LogP contribution in [0.3, 0.4) is 0 Å². The molecule has 1 amide bonds. The van der Waals surface area contributed by atoms with Crippen molar-refractivity contribution in [2.24, 2.45) is 5.73 Å². The highest BCUT2D eigenvalue weighted by Gasteiger charge is 2.18. The SMILES string of the molecule is NCc1cc2cc(-c3ccc(OC(=O)N4CCOCC4)cc3)cc(Cl)c2o1. The molecule has 27 heavy (non-hydrogen) atoms. The average Bonchev–Trinajstić information content (AvgIpc) is 3.13. The summed E-state index contributed by atoms with van der Waals surface area (Å²) in [6.07, 6.45) is -0.358. The van der Waals surface area contributed by atoms with E-state index >= 15 is 0 Å². The molecule has 0 bridgehead atoms. The largest absolute Gasteiger partial charge is 0.458 e. The van der Waals surface area contributed by atoms with E-state index in [2.05, 4.69) is 0 Å². The monoisotopic (exact) mass is 386 g/mol. The van der Waals surface area contributed by atoms with Crippen molar-refractivity contribution in [3.8, 4) is 16.9 Å². The van der Waals surface area contributed by atoms with Gasteiger partial charge in [-0.15, -0.1) is 0 Å². The number of hydrogen-bond acceptors (Lipinski definition) is 5. The number of furan rings is 1. The molecule has 4 rings (SSSR count). The van der Waals surface area contributed by atoms with E-state index in [0.29, 0.717) is 55.0 Å². The van der Waals surface area contributed by atoms with Gasteiger partial charge in [-0.1, -0.05) is 23.7 Å². The number of morpholine rings is 1. The molecule has 6 nitrogen and oxygen atoms in total. The minimum Gasteiger partial charge on any atom is -0.458 e. The molecule has 140 valence electrons. The molecule has 1 saturated heterocycles. The first-order valence-electron chi connectivity index (χ1n) is 8.71. The Balaban J connectivity index is 1.53. The molecule has 0 aliphatic carbocycles. The van der Waals surface area contributed by atoms with Crippen molar-refractivity contribution in [2.75, 3.05) is 26.3 Å². The molecule has 1 aromatic heterocycles. The van der Waals surface area contributed by atoms with E-state index in [4.69, 9.17) is 31.2 Å². The summed E-state index contributed by atoms with van der Waals surface area (Å²) in [7, 11) is 0. The summed E-state index contributed by atoms with van der Waals surface area (Å²) in [5.74, 6) is 1.19. The summed E-state index contributed by atoms with van der Waals surface area (Å²) in [5.41, 5.74) is 8.18. The Morgan fingerprint density at radius 1 is 1.11 bits per heavy atom. The number of nitrogens with zero attached hydrogens (tertiary/aromatic N) is 1. The van der Waals surface area contributed by atoms with Gasteiger partial charge in [-0.3, -0.25) is 0 Å². The number of hydrogen-bond donors (Lipinski definition) is 1. The highest BCUT2D eigenvalue weighted by atomic mass is 35.5. The lowest BCUT2D eigenvalue weighted by atomic mass is 10.0. The maximum Gasteiger partial charge on any atom is 0.415 e. The molecule has 0 atom stereocenters. The van der Waals surface area contributed by atoms with Gasteiger partial charge in [0.25, 0.3) is 0 Å². The topological polar surface area (TPSA) is 77.9 Å². The fourth-order valence-electron chi connectivity index (χ4n) is 3.06. The van der Waals surface area contributed by atoms with Crippen LogP contribution in [0.5, 0.6) is 5.75 Å². The molecular formula is C20H19ClN2O4.